The van der Waals surface area contributed by atoms with E-state index in [0.29, 0.717) is 0 Å². The third kappa shape index (κ3) is 2.71. The van der Waals surface area contributed by atoms with Crippen molar-refractivity contribution in [1.82, 2.24) is 9.80 Å². The molecule has 3 heteroatoms. The Balaban J connectivity index is 1.94. The van der Waals surface area contributed by atoms with Crippen molar-refractivity contribution in [2.75, 3.05) is 39.8 Å². The molecule has 2 heterocycles. The van der Waals surface area contributed by atoms with Crippen LogP contribution in [-0.2, 0) is 0 Å². The zero-order chi connectivity index (χ0) is 10.7. The molecule has 2 N–H and O–H groups in total. The molecule has 0 radical (unpaired) electrons. The Bertz CT molecular complexity index is 189. The minimum atomic E-state index is 0.812. The van der Waals surface area contributed by atoms with Crippen LogP contribution in [-0.4, -0.2) is 55.6 Å². The Kier molecular flexibility index (Phi) is 4.00. The number of rotatable bonds is 3. The summed E-state index contributed by atoms with van der Waals surface area (Å²) in [5.74, 6) is 0.812. The Morgan fingerprint density at radius 1 is 1.20 bits per heavy atom. The highest BCUT2D eigenvalue weighted by Gasteiger charge is 2.32. The summed E-state index contributed by atoms with van der Waals surface area (Å²) < 4.78 is 0. The highest BCUT2D eigenvalue weighted by Crippen LogP contribution is 2.26. The summed E-state index contributed by atoms with van der Waals surface area (Å²) in [6.45, 7) is 6.02. The van der Waals surface area contributed by atoms with Crippen molar-refractivity contribution < 1.29 is 0 Å². The monoisotopic (exact) mass is 211 g/mol. The van der Waals surface area contributed by atoms with Crippen LogP contribution in [0.2, 0.25) is 0 Å². The van der Waals surface area contributed by atoms with Gasteiger partial charge >= 0.3 is 0 Å². The Labute approximate surface area is 93.6 Å². The van der Waals surface area contributed by atoms with Crippen LogP contribution in [0.4, 0.5) is 0 Å². The third-order valence-electron chi connectivity index (χ3n) is 4.04. The average Bonchev–Trinajstić information content (AvgIpc) is 2.71. The van der Waals surface area contributed by atoms with E-state index in [1.165, 1.54) is 51.9 Å². The fraction of sp³-hybridized carbons (Fsp3) is 1.00. The van der Waals surface area contributed by atoms with Gasteiger partial charge < -0.3 is 15.5 Å². The fourth-order valence-electron chi connectivity index (χ4n) is 3.25. The number of hydrogen-bond donors (Lipinski definition) is 1. The summed E-state index contributed by atoms with van der Waals surface area (Å²) >= 11 is 0. The van der Waals surface area contributed by atoms with Gasteiger partial charge in [0.25, 0.3) is 0 Å². The zero-order valence-electron chi connectivity index (χ0n) is 9.99. The molecule has 0 spiro atoms. The smallest absolute Gasteiger partial charge is 0.0148 e. The summed E-state index contributed by atoms with van der Waals surface area (Å²) in [6.07, 6.45) is 5.36. The minimum Gasteiger partial charge on any atom is -0.330 e. The molecule has 0 bridgehead atoms. The molecule has 0 saturated carbocycles. The SMILES string of the molecule is CN1CCC(N2CCCC2)C(CCN)C1. The van der Waals surface area contributed by atoms with Crippen molar-refractivity contribution >= 4 is 0 Å². The molecule has 0 aromatic carbocycles. The van der Waals surface area contributed by atoms with Crippen molar-refractivity contribution in [2.24, 2.45) is 11.7 Å². The zero-order valence-corrected chi connectivity index (χ0v) is 9.99. The molecule has 2 atom stereocenters. The van der Waals surface area contributed by atoms with Crippen LogP contribution >= 0.6 is 0 Å². The van der Waals surface area contributed by atoms with Crippen molar-refractivity contribution in [2.45, 2.75) is 31.7 Å². The first-order valence-corrected chi connectivity index (χ1v) is 6.44. The van der Waals surface area contributed by atoms with Crippen LogP contribution in [0, 0.1) is 5.92 Å². The number of nitrogens with zero attached hydrogens (tertiary/aromatic N) is 2. The van der Waals surface area contributed by atoms with Crippen LogP contribution in [0.1, 0.15) is 25.7 Å². The first-order chi connectivity index (χ1) is 7.31. The Morgan fingerprint density at radius 3 is 2.60 bits per heavy atom. The van der Waals surface area contributed by atoms with E-state index >= 15 is 0 Å². The van der Waals surface area contributed by atoms with Gasteiger partial charge in [-0.2, -0.15) is 0 Å². The highest BCUT2D eigenvalue weighted by molar-refractivity contribution is 4.88. The highest BCUT2D eigenvalue weighted by atomic mass is 15.2. The second-order valence-corrected chi connectivity index (χ2v) is 5.20. The number of hydrogen-bond acceptors (Lipinski definition) is 3. The lowest BCUT2D eigenvalue weighted by Gasteiger charge is -2.41. The summed E-state index contributed by atoms with van der Waals surface area (Å²) in [5.41, 5.74) is 5.73. The lowest BCUT2D eigenvalue weighted by Crippen LogP contribution is -2.49. The van der Waals surface area contributed by atoms with Crippen molar-refractivity contribution in [3.05, 3.63) is 0 Å². The van der Waals surface area contributed by atoms with E-state index in [9.17, 15) is 0 Å². The molecule has 0 aromatic rings. The van der Waals surface area contributed by atoms with Crippen LogP contribution in [0.25, 0.3) is 0 Å². The minimum absolute atomic E-state index is 0.812. The van der Waals surface area contributed by atoms with E-state index in [1.807, 2.05) is 0 Å². The maximum absolute atomic E-state index is 5.73. The van der Waals surface area contributed by atoms with Crippen molar-refractivity contribution in [1.29, 1.82) is 0 Å². The molecule has 0 amide bonds. The lowest BCUT2D eigenvalue weighted by molar-refractivity contribution is 0.0800. The van der Waals surface area contributed by atoms with Gasteiger partial charge in [-0.1, -0.05) is 0 Å². The second kappa shape index (κ2) is 5.28. The number of piperidine rings is 1. The molecule has 2 saturated heterocycles. The maximum Gasteiger partial charge on any atom is 0.0148 e. The summed E-state index contributed by atoms with van der Waals surface area (Å²) in [5, 5.41) is 0. The normalized spacial score (nSPS) is 34.8. The fourth-order valence-corrected chi connectivity index (χ4v) is 3.25. The van der Waals surface area contributed by atoms with Gasteiger partial charge in [-0.05, 0) is 64.8 Å². The molecule has 2 rings (SSSR count). The van der Waals surface area contributed by atoms with E-state index < -0.39 is 0 Å². The van der Waals surface area contributed by atoms with Gasteiger partial charge in [0, 0.05) is 12.6 Å². The largest absolute Gasteiger partial charge is 0.330 e. The van der Waals surface area contributed by atoms with Crippen molar-refractivity contribution in [3.63, 3.8) is 0 Å². The lowest BCUT2D eigenvalue weighted by atomic mass is 9.88. The molecule has 2 aliphatic heterocycles. The topological polar surface area (TPSA) is 32.5 Å². The van der Waals surface area contributed by atoms with E-state index in [2.05, 4.69) is 16.8 Å². The molecule has 88 valence electrons. The molecular weight excluding hydrogens is 186 g/mol. The summed E-state index contributed by atoms with van der Waals surface area (Å²) in [6, 6.07) is 0.826. The van der Waals surface area contributed by atoms with Gasteiger partial charge in [-0.15, -0.1) is 0 Å². The second-order valence-electron chi connectivity index (χ2n) is 5.20. The molecule has 15 heavy (non-hydrogen) atoms. The molecule has 2 aliphatic rings. The van der Waals surface area contributed by atoms with E-state index in [-0.39, 0.29) is 0 Å². The predicted molar refractivity (Wildman–Crippen MR) is 63.9 cm³/mol. The van der Waals surface area contributed by atoms with Gasteiger partial charge in [0.15, 0.2) is 0 Å². The quantitative estimate of drug-likeness (QED) is 0.748. The Morgan fingerprint density at radius 2 is 1.93 bits per heavy atom. The predicted octanol–water partition coefficient (Wildman–Crippen LogP) is 0.751. The van der Waals surface area contributed by atoms with Gasteiger partial charge in [0.05, 0.1) is 0 Å². The van der Waals surface area contributed by atoms with Crippen LogP contribution in [0.5, 0.6) is 0 Å². The average molecular weight is 211 g/mol. The first kappa shape index (κ1) is 11.4. The summed E-state index contributed by atoms with van der Waals surface area (Å²) in [7, 11) is 2.24. The van der Waals surface area contributed by atoms with Crippen LogP contribution in [0.15, 0.2) is 0 Å². The van der Waals surface area contributed by atoms with Gasteiger partial charge in [-0.3, -0.25) is 0 Å². The first-order valence-electron chi connectivity index (χ1n) is 6.44. The van der Waals surface area contributed by atoms with Crippen LogP contribution in [0.3, 0.4) is 0 Å². The van der Waals surface area contributed by atoms with Crippen molar-refractivity contribution in [3.8, 4) is 0 Å². The molecule has 0 aliphatic carbocycles. The number of likely N-dealkylation sites (tertiary alicyclic amines) is 2. The summed E-state index contributed by atoms with van der Waals surface area (Å²) in [4.78, 5) is 5.18. The van der Waals surface area contributed by atoms with Gasteiger partial charge in [-0.25, -0.2) is 0 Å². The molecule has 0 aromatic heterocycles. The third-order valence-corrected chi connectivity index (χ3v) is 4.04. The van der Waals surface area contributed by atoms with E-state index in [1.54, 1.807) is 0 Å². The molecule has 3 nitrogen and oxygen atoms in total. The van der Waals surface area contributed by atoms with Gasteiger partial charge in [0.2, 0.25) is 0 Å². The van der Waals surface area contributed by atoms with E-state index in [0.717, 1.165) is 18.5 Å². The Hall–Kier alpha value is -0.120. The molecular formula is C12H25N3. The number of nitrogens with two attached hydrogens (primary N) is 1. The maximum atomic E-state index is 5.73. The molecule has 2 fully saturated rings. The standard InChI is InChI=1S/C12H25N3/c1-14-9-5-12(11(10-14)4-6-13)15-7-2-3-8-15/h11-12H,2-10,13H2,1H3. The van der Waals surface area contributed by atoms with E-state index in [4.69, 9.17) is 5.73 Å². The van der Waals surface area contributed by atoms with Gasteiger partial charge in [0.1, 0.15) is 0 Å². The molecule has 2 unspecified atom stereocenters. The van der Waals surface area contributed by atoms with Crippen LogP contribution < -0.4 is 5.73 Å².